The molecule has 0 saturated carbocycles. The Morgan fingerprint density at radius 3 is 2.50 bits per heavy atom. The zero-order chi connectivity index (χ0) is 21.8. The van der Waals surface area contributed by atoms with Crippen molar-refractivity contribution < 1.29 is 52.6 Å². The van der Waals surface area contributed by atoms with Crippen LogP contribution in [0.4, 0.5) is 0 Å². The minimum absolute atomic E-state index is 0. The van der Waals surface area contributed by atoms with E-state index in [0.29, 0.717) is 18.1 Å². The fraction of sp³-hybridized carbons (Fsp3) is 0.174. The third kappa shape index (κ3) is 5.57. The van der Waals surface area contributed by atoms with Crippen LogP contribution in [0.3, 0.4) is 0 Å². The minimum Gasteiger partial charge on any atom is -0.545 e. The third-order valence-corrected chi connectivity index (χ3v) is 7.74. The van der Waals surface area contributed by atoms with Crippen LogP contribution in [0.5, 0.6) is 5.75 Å². The first kappa shape index (κ1) is 24.8. The molecular weight excluding hydrogens is 457 g/mol. The van der Waals surface area contributed by atoms with Gasteiger partial charge in [0.2, 0.25) is 10.0 Å². The van der Waals surface area contributed by atoms with E-state index >= 15 is 0 Å². The van der Waals surface area contributed by atoms with Gasteiger partial charge >= 0.3 is 29.6 Å². The quantitative estimate of drug-likeness (QED) is 0.373. The van der Waals surface area contributed by atoms with Gasteiger partial charge in [-0.05, 0) is 47.0 Å². The second kappa shape index (κ2) is 10.9. The molecule has 1 aliphatic heterocycles. The van der Waals surface area contributed by atoms with Gasteiger partial charge in [-0.1, -0.05) is 42.5 Å². The number of carboxylic acids is 1. The number of hydrogen-bond acceptors (Lipinski definition) is 6. The molecule has 0 spiro atoms. The number of carbonyl (C=O) groups is 1. The molecule has 6 nitrogen and oxygen atoms in total. The molecule has 0 bridgehead atoms. The molecule has 4 rings (SSSR count). The van der Waals surface area contributed by atoms with Crippen LogP contribution < -0.4 is 44.1 Å². The Morgan fingerprint density at radius 1 is 1.03 bits per heavy atom. The largest absolute Gasteiger partial charge is 1.00 e. The van der Waals surface area contributed by atoms with Crippen LogP contribution in [0.15, 0.2) is 77.7 Å². The fourth-order valence-electron chi connectivity index (χ4n) is 3.47. The van der Waals surface area contributed by atoms with Crippen molar-refractivity contribution in [3.05, 3.63) is 95.1 Å². The molecule has 0 aliphatic carbocycles. The van der Waals surface area contributed by atoms with Gasteiger partial charge < -0.3 is 14.6 Å². The van der Waals surface area contributed by atoms with Crippen molar-refractivity contribution in [2.45, 2.75) is 16.8 Å². The van der Waals surface area contributed by atoms with Gasteiger partial charge in [0.25, 0.3) is 0 Å². The first-order valence-electron chi connectivity index (χ1n) is 9.68. The Labute approximate surface area is 213 Å². The molecule has 3 aromatic rings. The molecule has 3 aromatic carbocycles. The summed E-state index contributed by atoms with van der Waals surface area (Å²) in [6, 6.07) is 20.7. The van der Waals surface area contributed by atoms with Crippen LogP contribution in [0.1, 0.15) is 32.3 Å². The molecule has 0 radical (unpaired) electrons. The van der Waals surface area contributed by atoms with Gasteiger partial charge in [-0.25, -0.2) is 13.1 Å². The molecule has 160 valence electrons. The molecule has 0 amide bonds. The number of sulfonamides is 1. The van der Waals surface area contributed by atoms with Crippen LogP contribution >= 0.6 is 11.8 Å². The maximum Gasteiger partial charge on any atom is 1.00 e. The second-order valence-electron chi connectivity index (χ2n) is 6.99. The van der Waals surface area contributed by atoms with Gasteiger partial charge in [-0.15, -0.1) is 11.8 Å². The Hall–Kier alpha value is -1.81. The summed E-state index contributed by atoms with van der Waals surface area (Å²) in [4.78, 5) is 11.6. The van der Waals surface area contributed by atoms with Crippen LogP contribution in [0.25, 0.3) is 0 Å². The summed E-state index contributed by atoms with van der Waals surface area (Å²) >= 11 is 1.53. The number of ether oxygens (including phenoxy) is 1. The smallest absolute Gasteiger partial charge is 0.545 e. The fourth-order valence-corrected chi connectivity index (χ4v) is 5.88. The van der Waals surface area contributed by atoms with Crippen molar-refractivity contribution in [1.29, 1.82) is 0 Å². The summed E-state index contributed by atoms with van der Waals surface area (Å²) in [5, 5.41) is 11.2. The van der Waals surface area contributed by atoms with Gasteiger partial charge in [0.1, 0.15) is 12.4 Å². The van der Waals surface area contributed by atoms with E-state index in [1.807, 2.05) is 24.3 Å². The van der Waals surface area contributed by atoms with Crippen molar-refractivity contribution in [3.8, 4) is 5.75 Å². The molecule has 0 aromatic heterocycles. The summed E-state index contributed by atoms with van der Waals surface area (Å²) in [7, 11) is -3.58. The van der Waals surface area contributed by atoms with E-state index in [1.54, 1.807) is 42.5 Å². The molecule has 0 saturated heterocycles. The summed E-state index contributed by atoms with van der Waals surface area (Å²) in [6.07, 6.45) is 0. The normalized spacial score (nSPS) is 14.8. The average Bonchev–Trinajstić information content (AvgIpc) is 2.94. The maximum atomic E-state index is 12.4. The van der Waals surface area contributed by atoms with E-state index in [2.05, 4.69) is 4.72 Å². The van der Waals surface area contributed by atoms with Gasteiger partial charge in [-0.2, -0.15) is 0 Å². The number of aromatic carboxylic acids is 1. The molecule has 1 aliphatic rings. The number of carboxylic acid groups (broad SMARTS) is 1. The van der Waals surface area contributed by atoms with Crippen LogP contribution in [-0.4, -0.2) is 26.7 Å². The molecule has 1 heterocycles. The Bertz CT molecular complexity index is 1200. The van der Waals surface area contributed by atoms with Gasteiger partial charge in [0.05, 0.1) is 16.1 Å². The molecular formula is C23H20NNaO5S2. The zero-order valence-corrected chi connectivity index (χ0v) is 21.1. The number of benzene rings is 3. The van der Waals surface area contributed by atoms with Crippen LogP contribution in [0, 0.1) is 0 Å². The van der Waals surface area contributed by atoms with Crippen LogP contribution in [0.2, 0.25) is 0 Å². The predicted octanol–water partition coefficient (Wildman–Crippen LogP) is -0.252. The average molecular weight is 478 g/mol. The predicted molar refractivity (Wildman–Crippen MR) is 117 cm³/mol. The van der Waals surface area contributed by atoms with Crippen molar-refractivity contribution in [2.75, 3.05) is 12.3 Å². The number of fused-ring (bicyclic) bond motifs is 2. The molecule has 0 fully saturated rings. The van der Waals surface area contributed by atoms with Crippen molar-refractivity contribution in [2.24, 2.45) is 0 Å². The number of thioether (sulfide) groups is 1. The molecule has 9 heteroatoms. The summed E-state index contributed by atoms with van der Waals surface area (Å²) < 4.78 is 33.4. The molecule has 1 atom stereocenters. The second-order valence-corrected chi connectivity index (χ2v) is 9.97. The third-order valence-electron chi connectivity index (χ3n) is 4.98. The van der Waals surface area contributed by atoms with Crippen molar-refractivity contribution >= 4 is 27.8 Å². The maximum absolute atomic E-state index is 12.4. The van der Waals surface area contributed by atoms with Gasteiger partial charge in [-0.3, -0.25) is 0 Å². The zero-order valence-electron chi connectivity index (χ0n) is 17.5. The van der Waals surface area contributed by atoms with Crippen molar-refractivity contribution in [3.63, 3.8) is 0 Å². The van der Waals surface area contributed by atoms with E-state index in [0.717, 1.165) is 16.7 Å². The van der Waals surface area contributed by atoms with E-state index in [-0.39, 0.29) is 51.8 Å². The standard InChI is InChI=1S/C23H21NO5S2.Na/c25-23(26)16-10-11-21-20(14-16)22(19-9-5-4-6-17(19)15-29-21)30-13-12-24-31(27,28)18-7-2-1-3-8-18;/h1-11,14,22,24H,12-13,15H2,(H,25,26);/q;+1/p-1. The summed E-state index contributed by atoms with van der Waals surface area (Å²) in [5.41, 5.74) is 2.85. The summed E-state index contributed by atoms with van der Waals surface area (Å²) in [6.45, 7) is 0.614. The number of rotatable bonds is 7. The minimum atomic E-state index is -3.58. The monoisotopic (exact) mass is 477 g/mol. The van der Waals surface area contributed by atoms with Gasteiger partial charge in [0, 0.05) is 17.9 Å². The van der Waals surface area contributed by atoms with Crippen molar-refractivity contribution in [1.82, 2.24) is 4.72 Å². The SMILES string of the molecule is O=C([O-])c1ccc2c(c1)C(SCCNS(=O)(=O)c1ccccc1)c1ccccc1CO2.[Na+]. The van der Waals surface area contributed by atoms with Crippen LogP contribution in [-0.2, 0) is 16.6 Å². The topological polar surface area (TPSA) is 95.5 Å². The first-order valence-corrected chi connectivity index (χ1v) is 12.2. The van der Waals surface area contributed by atoms with E-state index in [9.17, 15) is 18.3 Å². The molecule has 1 unspecified atom stereocenters. The van der Waals surface area contributed by atoms with E-state index in [1.165, 1.54) is 17.8 Å². The molecule has 1 N–H and O–H groups in total. The Kier molecular flexibility index (Phi) is 8.43. The number of hydrogen-bond donors (Lipinski definition) is 1. The number of carbonyl (C=O) groups excluding carboxylic acids is 1. The number of nitrogens with one attached hydrogen (secondary N) is 1. The Balaban J connectivity index is 0.00000289. The van der Waals surface area contributed by atoms with E-state index in [4.69, 9.17) is 4.74 Å². The summed E-state index contributed by atoms with van der Waals surface area (Å²) in [5.74, 6) is -0.150. The van der Waals surface area contributed by atoms with E-state index < -0.39 is 16.0 Å². The van der Waals surface area contributed by atoms with Gasteiger partial charge in [0.15, 0.2) is 0 Å². The molecule has 32 heavy (non-hydrogen) atoms. The first-order chi connectivity index (χ1) is 15.0. The Morgan fingerprint density at radius 2 is 1.75 bits per heavy atom.